The van der Waals surface area contributed by atoms with Crippen LogP contribution in [0.2, 0.25) is 10.0 Å². The maximum Gasteiger partial charge on any atom is 0.258 e. The molecule has 1 N–H and O–H groups in total. The Hall–Kier alpha value is -2.96. The van der Waals surface area contributed by atoms with E-state index in [2.05, 4.69) is 20.3 Å². The highest BCUT2D eigenvalue weighted by Crippen LogP contribution is 2.30. The van der Waals surface area contributed by atoms with Crippen molar-refractivity contribution >= 4 is 45.8 Å². The number of fused-ring (bicyclic) bond motifs is 1. The number of benzene rings is 1. The molecule has 0 atom stereocenters. The van der Waals surface area contributed by atoms with Gasteiger partial charge in [-0.15, -0.1) is 0 Å². The SMILES string of the molecule is Cc1cn(Cc2ccncn2)c2ncc(C(=O)Nc3ccc(Cl)cc3)c(Cl)c12. The molecule has 0 aliphatic rings. The van der Waals surface area contributed by atoms with E-state index < -0.39 is 0 Å². The predicted molar refractivity (Wildman–Crippen MR) is 110 cm³/mol. The lowest BCUT2D eigenvalue weighted by Gasteiger charge is -2.09. The highest BCUT2D eigenvalue weighted by molar-refractivity contribution is 6.39. The lowest BCUT2D eigenvalue weighted by Crippen LogP contribution is -2.13. The van der Waals surface area contributed by atoms with Crippen molar-refractivity contribution in [2.75, 3.05) is 5.32 Å². The highest BCUT2D eigenvalue weighted by atomic mass is 35.5. The van der Waals surface area contributed by atoms with E-state index in [0.29, 0.717) is 33.5 Å². The number of anilines is 1. The zero-order valence-electron chi connectivity index (χ0n) is 14.9. The van der Waals surface area contributed by atoms with Crippen LogP contribution in [0.1, 0.15) is 21.6 Å². The monoisotopic (exact) mass is 411 g/mol. The van der Waals surface area contributed by atoms with Gasteiger partial charge in [-0.2, -0.15) is 0 Å². The first-order valence-electron chi connectivity index (χ1n) is 8.48. The molecule has 3 aromatic heterocycles. The summed E-state index contributed by atoms with van der Waals surface area (Å²) in [5, 5.41) is 4.53. The average Bonchev–Trinajstić information content (AvgIpc) is 3.01. The maximum absolute atomic E-state index is 12.7. The molecular weight excluding hydrogens is 397 g/mol. The Bertz CT molecular complexity index is 1160. The minimum absolute atomic E-state index is 0.312. The Morgan fingerprint density at radius 3 is 2.64 bits per heavy atom. The van der Waals surface area contributed by atoms with E-state index >= 15 is 0 Å². The Balaban J connectivity index is 1.68. The van der Waals surface area contributed by atoms with E-state index in [1.165, 1.54) is 12.5 Å². The van der Waals surface area contributed by atoms with Gasteiger partial charge in [0, 0.05) is 34.7 Å². The van der Waals surface area contributed by atoms with Gasteiger partial charge in [-0.1, -0.05) is 23.2 Å². The van der Waals surface area contributed by atoms with Crippen LogP contribution in [0.3, 0.4) is 0 Å². The van der Waals surface area contributed by atoms with Crippen molar-refractivity contribution in [1.82, 2.24) is 19.5 Å². The number of nitrogens with one attached hydrogen (secondary N) is 1. The molecule has 0 aliphatic carbocycles. The lowest BCUT2D eigenvalue weighted by molar-refractivity contribution is 0.102. The molecular formula is C20H15Cl2N5O. The van der Waals surface area contributed by atoms with Gasteiger partial charge in [0.1, 0.15) is 12.0 Å². The molecule has 0 radical (unpaired) electrons. The lowest BCUT2D eigenvalue weighted by atomic mass is 10.1. The molecule has 4 rings (SSSR count). The third-order valence-corrected chi connectivity index (χ3v) is 4.98. The summed E-state index contributed by atoms with van der Waals surface area (Å²) >= 11 is 12.5. The van der Waals surface area contributed by atoms with Crippen molar-refractivity contribution in [2.45, 2.75) is 13.5 Å². The summed E-state index contributed by atoms with van der Waals surface area (Å²) in [7, 11) is 0. The van der Waals surface area contributed by atoms with Gasteiger partial charge in [0.25, 0.3) is 5.91 Å². The van der Waals surface area contributed by atoms with Gasteiger partial charge >= 0.3 is 0 Å². The van der Waals surface area contributed by atoms with Gasteiger partial charge in [-0.25, -0.2) is 15.0 Å². The van der Waals surface area contributed by atoms with Crippen LogP contribution in [-0.2, 0) is 6.54 Å². The first-order chi connectivity index (χ1) is 13.5. The zero-order chi connectivity index (χ0) is 19.7. The third kappa shape index (κ3) is 3.56. The van der Waals surface area contributed by atoms with Crippen LogP contribution in [0.15, 0.2) is 55.2 Å². The number of aryl methyl sites for hydroxylation is 1. The molecule has 0 aliphatic heterocycles. The van der Waals surface area contributed by atoms with Crippen LogP contribution in [0.4, 0.5) is 5.69 Å². The van der Waals surface area contributed by atoms with Crippen molar-refractivity contribution in [3.63, 3.8) is 0 Å². The van der Waals surface area contributed by atoms with Crippen LogP contribution in [0.5, 0.6) is 0 Å². The Labute approximate surface area is 171 Å². The largest absolute Gasteiger partial charge is 0.326 e. The van der Waals surface area contributed by atoms with Crippen molar-refractivity contribution in [2.24, 2.45) is 0 Å². The molecule has 0 spiro atoms. The Kier molecular flexibility index (Phi) is 4.98. The summed E-state index contributed by atoms with van der Waals surface area (Å²) in [6.45, 7) is 2.47. The average molecular weight is 412 g/mol. The second-order valence-corrected chi connectivity index (χ2v) is 7.10. The molecule has 4 aromatic rings. The quantitative estimate of drug-likeness (QED) is 0.526. The molecule has 1 amide bonds. The molecule has 0 saturated heterocycles. The molecule has 0 fully saturated rings. The maximum atomic E-state index is 12.7. The fourth-order valence-corrected chi connectivity index (χ4v) is 3.50. The minimum atomic E-state index is -0.329. The fourth-order valence-electron chi connectivity index (χ4n) is 3.00. The minimum Gasteiger partial charge on any atom is -0.326 e. The standard InChI is InChI=1S/C20H15Cl2N5O/c1-12-9-27(10-15-6-7-23-11-25-15)19-17(12)18(22)16(8-24-19)20(28)26-14-4-2-13(21)3-5-14/h2-9,11H,10H2,1H3,(H,26,28). The molecule has 6 nitrogen and oxygen atoms in total. The number of pyridine rings is 1. The van der Waals surface area contributed by atoms with Gasteiger partial charge in [0.15, 0.2) is 0 Å². The van der Waals surface area contributed by atoms with E-state index in [1.807, 2.05) is 23.8 Å². The molecule has 140 valence electrons. The summed E-state index contributed by atoms with van der Waals surface area (Å²) in [6, 6.07) is 8.71. The Morgan fingerprint density at radius 2 is 1.93 bits per heavy atom. The molecule has 0 bridgehead atoms. The smallest absolute Gasteiger partial charge is 0.258 e. The number of hydrogen-bond donors (Lipinski definition) is 1. The van der Waals surface area contributed by atoms with Crippen LogP contribution in [-0.4, -0.2) is 25.4 Å². The highest BCUT2D eigenvalue weighted by Gasteiger charge is 2.18. The van der Waals surface area contributed by atoms with Crippen LogP contribution in [0, 0.1) is 6.92 Å². The number of rotatable bonds is 4. The number of aromatic nitrogens is 4. The molecule has 1 aromatic carbocycles. The second-order valence-electron chi connectivity index (χ2n) is 6.29. The number of carbonyl (C=O) groups is 1. The van der Waals surface area contributed by atoms with E-state index in [-0.39, 0.29) is 5.91 Å². The summed E-state index contributed by atoms with van der Waals surface area (Å²) in [4.78, 5) is 25.3. The number of carbonyl (C=O) groups excluding carboxylic acids is 1. The molecule has 28 heavy (non-hydrogen) atoms. The second kappa shape index (κ2) is 7.58. The van der Waals surface area contributed by atoms with Gasteiger partial charge in [-0.05, 0) is 42.8 Å². The van der Waals surface area contributed by atoms with Gasteiger partial charge in [0.2, 0.25) is 0 Å². The number of hydrogen-bond acceptors (Lipinski definition) is 4. The van der Waals surface area contributed by atoms with E-state index in [1.54, 1.807) is 30.5 Å². The van der Waals surface area contributed by atoms with E-state index in [9.17, 15) is 4.79 Å². The molecule has 8 heteroatoms. The van der Waals surface area contributed by atoms with Crippen LogP contribution >= 0.6 is 23.2 Å². The summed E-state index contributed by atoms with van der Waals surface area (Å²) in [5.41, 5.74) is 3.43. The summed E-state index contributed by atoms with van der Waals surface area (Å²) in [6.07, 6.45) is 6.65. The fraction of sp³-hybridized carbons (Fsp3) is 0.100. The molecule has 0 unspecified atom stereocenters. The number of nitrogens with zero attached hydrogens (tertiary/aromatic N) is 4. The zero-order valence-corrected chi connectivity index (χ0v) is 16.4. The normalized spacial score (nSPS) is 11.0. The number of halogens is 2. The topological polar surface area (TPSA) is 72.7 Å². The van der Waals surface area contributed by atoms with Gasteiger partial charge < -0.3 is 9.88 Å². The van der Waals surface area contributed by atoms with Gasteiger partial charge in [-0.3, -0.25) is 4.79 Å². The van der Waals surface area contributed by atoms with Crippen molar-refractivity contribution in [3.8, 4) is 0 Å². The summed E-state index contributed by atoms with van der Waals surface area (Å²) in [5.74, 6) is -0.329. The van der Waals surface area contributed by atoms with Crippen molar-refractivity contribution < 1.29 is 4.79 Å². The van der Waals surface area contributed by atoms with Crippen LogP contribution in [0.25, 0.3) is 11.0 Å². The van der Waals surface area contributed by atoms with Gasteiger partial charge in [0.05, 0.1) is 22.8 Å². The number of amides is 1. The van der Waals surface area contributed by atoms with E-state index in [0.717, 1.165) is 16.6 Å². The summed E-state index contributed by atoms with van der Waals surface area (Å²) < 4.78 is 1.96. The first-order valence-corrected chi connectivity index (χ1v) is 9.24. The van der Waals surface area contributed by atoms with Crippen molar-refractivity contribution in [3.05, 3.63) is 82.1 Å². The molecule has 3 heterocycles. The Morgan fingerprint density at radius 1 is 1.14 bits per heavy atom. The van der Waals surface area contributed by atoms with Crippen molar-refractivity contribution in [1.29, 1.82) is 0 Å². The predicted octanol–water partition coefficient (Wildman–Crippen LogP) is 4.74. The molecule has 0 saturated carbocycles. The third-order valence-electron chi connectivity index (χ3n) is 4.33. The van der Waals surface area contributed by atoms with E-state index in [4.69, 9.17) is 23.2 Å². The first kappa shape index (κ1) is 18.4. The van der Waals surface area contributed by atoms with Crippen LogP contribution < -0.4 is 5.32 Å².